The van der Waals surface area contributed by atoms with Gasteiger partial charge in [0, 0.05) is 0 Å². The van der Waals surface area contributed by atoms with Crippen LogP contribution in [0.3, 0.4) is 0 Å². The zero-order chi connectivity index (χ0) is 9.26. The topological polar surface area (TPSA) is 89.0 Å². The Morgan fingerprint density at radius 1 is 1.54 bits per heavy atom. The molecule has 0 atom stereocenters. The molecule has 0 aliphatic carbocycles. The van der Waals surface area contributed by atoms with Crippen molar-refractivity contribution in [3.63, 3.8) is 0 Å². The molecular formula is C8H5N3O2. The van der Waals surface area contributed by atoms with Gasteiger partial charge in [-0.1, -0.05) is 5.16 Å². The Morgan fingerprint density at radius 3 is 3.00 bits per heavy atom. The van der Waals surface area contributed by atoms with E-state index in [2.05, 4.69) is 9.68 Å². The Labute approximate surface area is 73.3 Å². The molecule has 0 bridgehead atoms. The van der Waals surface area contributed by atoms with E-state index < -0.39 is 0 Å². The van der Waals surface area contributed by atoms with Crippen LogP contribution in [0.1, 0.15) is 5.56 Å². The second kappa shape index (κ2) is 2.68. The molecule has 0 amide bonds. The molecule has 0 fully saturated rings. The molecule has 2 aromatic heterocycles. The van der Waals surface area contributed by atoms with Crippen LogP contribution in [0, 0.1) is 11.3 Å². The van der Waals surface area contributed by atoms with E-state index >= 15 is 0 Å². The maximum atomic E-state index is 8.72. The van der Waals surface area contributed by atoms with Crippen LogP contribution in [0.2, 0.25) is 0 Å². The van der Waals surface area contributed by atoms with Gasteiger partial charge in [0.05, 0.1) is 6.26 Å². The third-order valence-corrected chi connectivity index (χ3v) is 1.58. The molecule has 0 unspecified atom stereocenters. The average molecular weight is 175 g/mol. The molecule has 13 heavy (non-hydrogen) atoms. The van der Waals surface area contributed by atoms with E-state index in [-0.39, 0.29) is 11.4 Å². The molecule has 0 saturated heterocycles. The highest BCUT2D eigenvalue weighted by molar-refractivity contribution is 5.67. The van der Waals surface area contributed by atoms with Gasteiger partial charge in [0.2, 0.25) is 5.88 Å². The van der Waals surface area contributed by atoms with Crippen molar-refractivity contribution < 1.29 is 8.94 Å². The number of nitrogens with zero attached hydrogens (tertiary/aromatic N) is 2. The number of nitrogens with two attached hydrogens (primary N) is 1. The van der Waals surface area contributed by atoms with Crippen molar-refractivity contribution in [2.45, 2.75) is 0 Å². The summed E-state index contributed by atoms with van der Waals surface area (Å²) in [5.74, 6) is 0.478. The summed E-state index contributed by atoms with van der Waals surface area (Å²) in [6.07, 6.45) is 1.49. The molecule has 2 heterocycles. The summed E-state index contributed by atoms with van der Waals surface area (Å²) in [7, 11) is 0. The number of aromatic nitrogens is 1. The van der Waals surface area contributed by atoms with Crippen molar-refractivity contribution in [1.82, 2.24) is 5.16 Å². The van der Waals surface area contributed by atoms with Crippen molar-refractivity contribution in [2.24, 2.45) is 0 Å². The van der Waals surface area contributed by atoms with Crippen molar-refractivity contribution in [3.8, 4) is 17.5 Å². The zero-order valence-corrected chi connectivity index (χ0v) is 6.52. The number of nitriles is 1. The van der Waals surface area contributed by atoms with Crippen LogP contribution in [0.25, 0.3) is 11.5 Å². The van der Waals surface area contributed by atoms with Gasteiger partial charge < -0.3 is 14.7 Å². The Balaban J connectivity index is 2.60. The Hall–Kier alpha value is -2.22. The van der Waals surface area contributed by atoms with Gasteiger partial charge in [-0.15, -0.1) is 0 Å². The van der Waals surface area contributed by atoms with E-state index in [0.717, 1.165) is 0 Å². The molecule has 0 saturated carbocycles. The van der Waals surface area contributed by atoms with Gasteiger partial charge in [-0.2, -0.15) is 5.26 Å². The number of hydrogen-bond acceptors (Lipinski definition) is 5. The molecule has 2 aromatic rings. The van der Waals surface area contributed by atoms with E-state index in [0.29, 0.717) is 11.5 Å². The van der Waals surface area contributed by atoms with Crippen molar-refractivity contribution in [2.75, 3.05) is 5.73 Å². The second-order valence-electron chi connectivity index (χ2n) is 2.36. The molecule has 0 aliphatic rings. The molecule has 0 aliphatic heterocycles. The molecule has 64 valence electrons. The van der Waals surface area contributed by atoms with Crippen LogP contribution in [0.5, 0.6) is 0 Å². The molecule has 2 rings (SSSR count). The van der Waals surface area contributed by atoms with Crippen LogP contribution >= 0.6 is 0 Å². The fraction of sp³-hybridized carbons (Fsp3) is 0. The standard InChI is InChI=1S/C8H5N3O2/c9-4-5-7(11-13-8(5)10)6-2-1-3-12-6/h1-3H,10H2. The van der Waals surface area contributed by atoms with Gasteiger partial charge in [-0.25, -0.2) is 0 Å². The van der Waals surface area contributed by atoms with Gasteiger partial charge in [0.25, 0.3) is 0 Å². The predicted octanol–water partition coefficient (Wildman–Crippen LogP) is 1.39. The van der Waals surface area contributed by atoms with Crippen molar-refractivity contribution in [1.29, 1.82) is 5.26 Å². The van der Waals surface area contributed by atoms with Crippen LogP contribution in [0.15, 0.2) is 27.3 Å². The van der Waals surface area contributed by atoms with Crippen LogP contribution in [-0.4, -0.2) is 5.16 Å². The molecule has 0 aromatic carbocycles. The van der Waals surface area contributed by atoms with Crippen molar-refractivity contribution in [3.05, 3.63) is 24.0 Å². The van der Waals surface area contributed by atoms with Crippen LogP contribution in [-0.2, 0) is 0 Å². The van der Waals surface area contributed by atoms with Crippen LogP contribution in [0.4, 0.5) is 5.88 Å². The fourth-order valence-corrected chi connectivity index (χ4v) is 0.992. The smallest absolute Gasteiger partial charge is 0.240 e. The highest BCUT2D eigenvalue weighted by Crippen LogP contribution is 2.26. The molecule has 0 spiro atoms. The SMILES string of the molecule is N#Cc1c(-c2ccco2)noc1N. The van der Waals surface area contributed by atoms with E-state index in [1.165, 1.54) is 6.26 Å². The first-order valence-corrected chi connectivity index (χ1v) is 3.52. The monoisotopic (exact) mass is 175 g/mol. The highest BCUT2D eigenvalue weighted by atomic mass is 16.5. The van der Waals surface area contributed by atoms with E-state index in [4.69, 9.17) is 15.4 Å². The van der Waals surface area contributed by atoms with Gasteiger partial charge >= 0.3 is 0 Å². The predicted molar refractivity (Wildman–Crippen MR) is 43.3 cm³/mol. The van der Waals surface area contributed by atoms with E-state index in [1.54, 1.807) is 12.1 Å². The Bertz CT molecular complexity index is 450. The minimum atomic E-state index is 0.00824. The number of rotatable bonds is 1. The lowest BCUT2D eigenvalue weighted by atomic mass is 10.2. The first-order chi connectivity index (χ1) is 6.33. The maximum Gasteiger partial charge on any atom is 0.240 e. The summed E-state index contributed by atoms with van der Waals surface area (Å²) in [4.78, 5) is 0. The summed E-state index contributed by atoms with van der Waals surface area (Å²) in [5, 5.41) is 12.3. The first kappa shape index (κ1) is 7.43. The lowest BCUT2D eigenvalue weighted by Crippen LogP contribution is -1.85. The number of anilines is 1. The highest BCUT2D eigenvalue weighted by Gasteiger charge is 2.16. The molecule has 5 nitrogen and oxygen atoms in total. The van der Waals surface area contributed by atoms with Gasteiger partial charge in [-0.05, 0) is 12.1 Å². The van der Waals surface area contributed by atoms with Gasteiger partial charge in [0.15, 0.2) is 11.5 Å². The van der Waals surface area contributed by atoms with Crippen LogP contribution < -0.4 is 5.73 Å². The summed E-state index contributed by atoms with van der Waals surface area (Å²) >= 11 is 0. The molecular weight excluding hydrogens is 170 g/mol. The Kier molecular flexibility index (Phi) is 1.53. The minimum Gasteiger partial charge on any atom is -0.463 e. The summed E-state index contributed by atoms with van der Waals surface area (Å²) in [6, 6.07) is 5.27. The van der Waals surface area contributed by atoms with Crippen molar-refractivity contribution >= 4 is 5.88 Å². The minimum absolute atomic E-state index is 0.00824. The maximum absolute atomic E-state index is 8.72. The quantitative estimate of drug-likeness (QED) is 0.707. The normalized spacial score (nSPS) is 9.77. The lowest BCUT2D eigenvalue weighted by molar-refractivity contribution is 0.435. The summed E-state index contributed by atoms with van der Waals surface area (Å²) < 4.78 is 9.70. The lowest BCUT2D eigenvalue weighted by Gasteiger charge is -1.86. The zero-order valence-electron chi connectivity index (χ0n) is 6.52. The Morgan fingerprint density at radius 2 is 2.38 bits per heavy atom. The van der Waals surface area contributed by atoms with Gasteiger partial charge in [0.1, 0.15) is 11.6 Å². The molecule has 0 radical (unpaired) electrons. The largest absolute Gasteiger partial charge is 0.463 e. The average Bonchev–Trinajstić information content (AvgIpc) is 2.71. The fourth-order valence-electron chi connectivity index (χ4n) is 0.992. The summed E-state index contributed by atoms with van der Waals surface area (Å²) in [5.41, 5.74) is 5.91. The molecule has 5 heteroatoms. The third kappa shape index (κ3) is 1.05. The number of hydrogen-bond donors (Lipinski definition) is 1. The molecule has 2 N–H and O–H groups in total. The second-order valence-corrected chi connectivity index (χ2v) is 2.36. The van der Waals surface area contributed by atoms with Gasteiger partial charge in [-0.3, -0.25) is 0 Å². The number of nitrogen functional groups attached to an aromatic ring is 1. The summed E-state index contributed by atoms with van der Waals surface area (Å²) in [6.45, 7) is 0. The van der Waals surface area contributed by atoms with E-state index in [1.807, 2.05) is 6.07 Å². The third-order valence-electron chi connectivity index (χ3n) is 1.58. The van der Waals surface area contributed by atoms with E-state index in [9.17, 15) is 0 Å². The first-order valence-electron chi connectivity index (χ1n) is 3.52. The number of furan rings is 1.